The fourth-order valence-electron chi connectivity index (χ4n) is 20.0. The van der Waals surface area contributed by atoms with Crippen molar-refractivity contribution in [1.82, 2.24) is 0 Å². The Hall–Kier alpha value is -14.6. The van der Waals surface area contributed by atoms with E-state index in [9.17, 15) is 10.0 Å². The highest BCUT2D eigenvalue weighted by molar-refractivity contribution is 6.63. The zero-order chi connectivity index (χ0) is 96.2. The maximum Gasteiger partial charge on any atom is 0.569 e. The van der Waals surface area contributed by atoms with Crippen LogP contribution in [-0.4, -0.2) is 80.7 Å². The van der Waals surface area contributed by atoms with Crippen molar-refractivity contribution >= 4 is 247 Å². The lowest BCUT2D eigenvalue weighted by Gasteiger charge is -2.17. The molecule has 6 aromatic heterocycles. The van der Waals surface area contributed by atoms with E-state index in [-0.39, 0.29) is 5.92 Å². The normalized spacial score (nSPS) is 11.8. The summed E-state index contributed by atoms with van der Waals surface area (Å²) in [4.78, 5) is 0. The molecule has 1 atom stereocenters. The number of rotatable bonds is 21. The summed E-state index contributed by atoms with van der Waals surface area (Å²) in [6, 6.07) is 97.6. The van der Waals surface area contributed by atoms with Crippen LogP contribution in [0, 0.1) is 5.92 Å². The molecule has 0 amide bonds. The maximum absolute atomic E-state index is 10.0. The van der Waals surface area contributed by atoms with Gasteiger partial charge in [-0.15, -0.1) is 0 Å². The van der Waals surface area contributed by atoms with Gasteiger partial charge < -0.3 is 84.9 Å². The van der Waals surface area contributed by atoms with E-state index in [4.69, 9.17) is 74.9 Å². The smallest absolute Gasteiger partial charge is 0.535 e. The van der Waals surface area contributed by atoms with Crippen LogP contribution in [0.2, 0.25) is 0 Å². The van der Waals surface area contributed by atoms with Gasteiger partial charge in [-0.25, -0.2) is 0 Å². The predicted molar refractivity (Wildman–Crippen MR) is 569 cm³/mol. The van der Waals surface area contributed by atoms with Crippen LogP contribution in [0.5, 0.6) is 28.7 Å². The largest absolute Gasteiger partial charge is 0.569 e. The summed E-state index contributed by atoms with van der Waals surface area (Å²) in [5, 5.41) is 91.1. The average molecular weight is 1830 g/mol. The third kappa shape index (κ3) is 17.9. The molecule has 24 rings (SSSR count). The molecule has 0 fully saturated rings. The Morgan fingerprint density at radius 3 is 1.13 bits per heavy atom. The van der Waals surface area contributed by atoms with Gasteiger partial charge in [0.1, 0.15) is 67.8 Å². The summed E-state index contributed by atoms with van der Waals surface area (Å²) in [6.07, 6.45) is 7.28. The van der Waals surface area contributed by atoms with E-state index in [0.29, 0.717) is 118 Å². The van der Waals surface area contributed by atoms with Gasteiger partial charge in [-0.1, -0.05) is 306 Å². The van der Waals surface area contributed by atoms with Gasteiger partial charge in [0.15, 0.2) is 27.9 Å². The lowest BCUT2D eigenvalue weighted by Crippen LogP contribution is -2.34. The summed E-state index contributed by atoms with van der Waals surface area (Å²) in [5.74, 6) is 3.82. The van der Waals surface area contributed by atoms with Crippen LogP contribution >= 0.6 is 0 Å². The molecule has 0 aliphatic heterocycles. The van der Waals surface area contributed by atoms with E-state index >= 15 is 0 Å². The van der Waals surface area contributed by atoms with Crippen molar-refractivity contribution in [3.8, 4) is 28.7 Å². The third-order valence-corrected chi connectivity index (χ3v) is 26.1. The Morgan fingerprint density at radius 2 is 0.647 bits per heavy atom. The molecule has 0 bridgehead atoms. The topological polar surface area (TPSA) is 267 Å². The third-order valence-electron chi connectivity index (χ3n) is 26.1. The molecule has 0 saturated carbocycles. The minimum atomic E-state index is -1.57. The lowest BCUT2D eigenvalue weighted by atomic mass is 9.71. The van der Waals surface area contributed by atoms with Crippen LogP contribution in [0.3, 0.4) is 0 Å². The Balaban J connectivity index is 0.000000106. The van der Waals surface area contributed by atoms with Gasteiger partial charge >= 0.3 is 45.5 Å². The predicted octanol–water partition coefficient (Wildman–Crippen LogP) is 26.9. The van der Waals surface area contributed by atoms with Crippen LogP contribution in [0.25, 0.3) is 196 Å². The number of hydrogen-bond donors (Lipinski definition) is 7. The van der Waals surface area contributed by atoms with Crippen LogP contribution in [0.4, 0.5) is 0 Å². The zero-order valence-electron chi connectivity index (χ0n) is 78.5. The van der Waals surface area contributed by atoms with Gasteiger partial charge in [-0.3, -0.25) is 0 Å². The SMILES string of the molecule is CC(C)Cc1ccc2cc(O[B]O)c3oc4ccccc4c3c2c1.CC(C)c1c(B(O)O)c2oc3ccccc3c2c2ccccc12.CCC(C)c1cccc2c1cc(O[B]O)c1oc3ccccc3c12.CCCc1ccc2c(c1)cc(O[B]O)c1oc3ccccc3c12.CCCc1ccc2c(c1)oc1c(O[B]O)cc3ccccc3c12.CCc1cccc2c1oc1c(O[B]O)cc3ccccc3c12. The molecule has 0 aliphatic carbocycles. The number of furan rings is 6. The monoisotopic (exact) mass is 1830 g/mol. The van der Waals surface area contributed by atoms with Crippen molar-refractivity contribution < 1.29 is 84.9 Å². The van der Waals surface area contributed by atoms with Gasteiger partial charge in [0.2, 0.25) is 0 Å². The maximum atomic E-state index is 10.0. The molecule has 24 heteroatoms. The van der Waals surface area contributed by atoms with Crippen molar-refractivity contribution in [3.63, 3.8) is 0 Å². The Labute approximate surface area is 805 Å². The fourth-order valence-corrected chi connectivity index (χ4v) is 20.0. The van der Waals surface area contributed by atoms with Gasteiger partial charge in [0.25, 0.3) is 0 Å². The molecule has 7 N–H and O–H groups in total. The van der Waals surface area contributed by atoms with E-state index in [0.717, 1.165) is 219 Å². The summed E-state index contributed by atoms with van der Waals surface area (Å²) in [6.45, 7) is 19.4. The van der Waals surface area contributed by atoms with E-state index < -0.39 is 7.12 Å². The fraction of sp³-hybridized carbons (Fsp3) is 0.165. The summed E-state index contributed by atoms with van der Waals surface area (Å²) in [5.41, 5.74) is 16.6. The first-order chi connectivity index (χ1) is 68.0. The minimum Gasteiger partial charge on any atom is -0.535 e. The highest BCUT2D eigenvalue weighted by atomic mass is 16.5. The second kappa shape index (κ2) is 41.0. The molecular weight excluding hydrogens is 1730 g/mol. The molecule has 685 valence electrons. The first-order valence-electron chi connectivity index (χ1n) is 47.1. The molecule has 1 unspecified atom stereocenters. The molecule has 0 aliphatic rings. The number of hydrogen-bond acceptors (Lipinski definition) is 18. The number of fused-ring (bicyclic) bond motifs is 30. The molecule has 18 aromatic carbocycles. The Kier molecular flexibility index (Phi) is 27.6. The molecule has 0 spiro atoms. The van der Waals surface area contributed by atoms with E-state index in [1.54, 1.807) is 0 Å². The van der Waals surface area contributed by atoms with Crippen molar-refractivity contribution in [1.29, 1.82) is 0 Å². The first kappa shape index (κ1) is 93.4. The Bertz CT molecular complexity index is 8690. The highest BCUT2D eigenvalue weighted by Crippen LogP contribution is 2.49. The van der Waals surface area contributed by atoms with Crippen LogP contribution < -0.4 is 28.7 Å². The number of para-hydroxylation sites is 5. The number of benzene rings is 18. The molecule has 6 heterocycles. The minimum absolute atomic E-state index is 0.148. The molecule has 5 radical (unpaired) electrons. The van der Waals surface area contributed by atoms with Gasteiger partial charge in [-0.2, -0.15) is 0 Å². The van der Waals surface area contributed by atoms with Crippen LogP contribution in [0.1, 0.15) is 127 Å². The highest BCUT2D eigenvalue weighted by Gasteiger charge is 2.30. The van der Waals surface area contributed by atoms with Crippen molar-refractivity contribution in [2.45, 2.75) is 119 Å². The molecule has 0 saturated heterocycles. The van der Waals surface area contributed by atoms with Crippen molar-refractivity contribution in [3.05, 3.63) is 325 Å². The quantitative estimate of drug-likeness (QED) is 0.0330. The average Bonchev–Trinajstić information content (AvgIpc) is 1.61. The van der Waals surface area contributed by atoms with Gasteiger partial charge in [0.05, 0.1) is 0 Å². The second-order valence-electron chi connectivity index (χ2n) is 35.6. The summed E-state index contributed by atoms with van der Waals surface area (Å²) >= 11 is 0. The summed E-state index contributed by atoms with van der Waals surface area (Å²) in [7, 11) is 1.92. The van der Waals surface area contributed by atoms with E-state index in [1.807, 2.05) is 170 Å². The molecule has 139 heavy (non-hydrogen) atoms. The molecule has 24 aromatic rings. The van der Waals surface area contributed by atoms with E-state index in [2.05, 4.69) is 184 Å². The standard InChI is InChI=1S/2C20H18BO3.C19H17BO3.2C19H16BO3.C18H14BO3/c1-12(2)9-13-7-8-14-11-18(24-21-22)20-19(16(14)10-13)15-5-3-4-6-17(15)23-20;1-3-12(2)13-8-6-9-14-16(13)11-18(24-21-22)20-19(14)15-7-4-5-10-17(15)23-20;1-11(2)16-12-7-3-4-8-13(12)17-14-9-5-6-10-15(14)23-19(17)18(16)20(21)22;1-2-5-12-8-9-14-13(10-12)11-17(23-20-21)19-18(14)15-6-3-4-7-16(15)22-19;1-2-5-12-8-9-15-16(10-12)22-19-17(23-20-21)11-13-6-3-4-7-14(13)18(15)19;1-2-11-7-5-9-14-16-13-8-4-3-6-12(13)10-15(22-19-20)18(16)21-17(11)14/h3-8,10-12,22H,9H2,1-2H3;4-12,22H,3H2,1-2H3;3-11,21-22H,1-2H3;2*3-4,6-11,21H,2,5H2,1H3;3-10,20H,2H2,1H3. The molecular formula is C115H99B6O18. The van der Waals surface area contributed by atoms with Gasteiger partial charge in [-0.05, 0) is 209 Å². The summed E-state index contributed by atoms with van der Waals surface area (Å²) < 4.78 is 62.7. The van der Waals surface area contributed by atoms with Crippen molar-refractivity contribution in [2.75, 3.05) is 0 Å². The first-order valence-corrected chi connectivity index (χ1v) is 47.1. The Morgan fingerprint density at radius 1 is 0.288 bits per heavy atom. The zero-order valence-corrected chi connectivity index (χ0v) is 78.5. The number of aryl methyl sites for hydroxylation is 3. The van der Waals surface area contributed by atoms with Crippen molar-refractivity contribution in [2.24, 2.45) is 5.92 Å². The van der Waals surface area contributed by atoms with E-state index in [1.165, 1.54) is 22.3 Å². The van der Waals surface area contributed by atoms with Crippen LogP contribution in [-0.2, 0) is 25.7 Å². The molecule has 18 nitrogen and oxygen atoms in total. The lowest BCUT2D eigenvalue weighted by molar-refractivity contribution is 0.425. The van der Waals surface area contributed by atoms with Gasteiger partial charge in [0, 0.05) is 70.1 Å². The van der Waals surface area contributed by atoms with Crippen LogP contribution in [0.15, 0.2) is 318 Å². The second-order valence-corrected chi connectivity index (χ2v) is 35.6.